The van der Waals surface area contributed by atoms with Crippen molar-refractivity contribution in [3.05, 3.63) is 0 Å². The summed E-state index contributed by atoms with van der Waals surface area (Å²) >= 11 is 0. The van der Waals surface area contributed by atoms with Gasteiger partial charge in [-0.15, -0.1) is 0 Å². The second-order valence-corrected chi connectivity index (χ2v) is 3.33. The summed E-state index contributed by atoms with van der Waals surface area (Å²) in [6.45, 7) is 0.722. The van der Waals surface area contributed by atoms with Gasteiger partial charge in [-0.05, 0) is 12.6 Å². The minimum absolute atomic E-state index is 0.361. The second kappa shape index (κ2) is 7.43. The molecule has 0 aromatic rings. The maximum absolute atomic E-state index is 10.2. The molecule has 0 aromatic carbocycles. The van der Waals surface area contributed by atoms with E-state index >= 15 is 0 Å². The molecule has 2 unspecified atom stereocenters. The molecule has 0 radical (unpaired) electrons. The minimum Gasteiger partial charge on any atom is -0.250 e. The number of hydrogen-bond acceptors (Lipinski definition) is 6. The summed E-state index contributed by atoms with van der Waals surface area (Å²) in [7, 11) is -3.77. The van der Waals surface area contributed by atoms with Crippen LogP contribution in [0.15, 0.2) is 0 Å². The predicted molar refractivity (Wildman–Crippen MR) is 47.6 cm³/mol. The molecule has 12 heavy (non-hydrogen) atoms. The molecule has 8 heteroatoms. The number of hydrogen-bond donors (Lipinski definition) is 2. The normalized spacial score (nSPS) is 12.7. The van der Waals surface area contributed by atoms with Crippen molar-refractivity contribution in [1.29, 1.82) is 0 Å². The monoisotopic (exact) mass is 212 g/mol. The Morgan fingerprint density at radius 3 is 1.58 bits per heavy atom. The lowest BCUT2D eigenvalue weighted by molar-refractivity contribution is 0.176. The summed E-state index contributed by atoms with van der Waals surface area (Å²) < 4.78 is 29.3. The van der Waals surface area contributed by atoms with E-state index in [0.29, 0.717) is 13.1 Å². The average Bonchev–Trinajstić information content (AvgIpc) is 1.95. The first-order valence-electron chi connectivity index (χ1n) is 2.98. The van der Waals surface area contributed by atoms with Crippen LogP contribution in [0.5, 0.6) is 0 Å². The van der Waals surface area contributed by atoms with Crippen LogP contribution in [0.4, 0.5) is 0 Å². The third-order valence-electron chi connectivity index (χ3n) is 0.662. The van der Waals surface area contributed by atoms with Crippen molar-refractivity contribution >= 4 is 27.9 Å². The van der Waals surface area contributed by atoms with Gasteiger partial charge in [-0.25, -0.2) is 18.4 Å². The molecule has 0 heterocycles. The van der Waals surface area contributed by atoms with Crippen molar-refractivity contribution in [3.63, 3.8) is 0 Å². The van der Waals surface area contributed by atoms with E-state index in [4.69, 9.17) is 0 Å². The fraction of sp³-hybridized carbons (Fsp3) is 0.500. The van der Waals surface area contributed by atoms with Gasteiger partial charge in [-0.1, -0.05) is 0 Å². The average molecular weight is 212 g/mol. The van der Waals surface area contributed by atoms with Gasteiger partial charge in [0.05, 0.1) is 0 Å². The Hall–Kier alpha value is -0.220. The third-order valence-corrected chi connectivity index (χ3v) is 1.33. The molecule has 0 saturated heterocycles. The molecule has 0 aliphatic rings. The zero-order valence-corrected chi connectivity index (χ0v) is 8.14. The number of rotatable bonds is 7. The largest absolute Gasteiger partial charge is 0.250 e. The Bertz CT molecular complexity index is 205. The lowest BCUT2D eigenvalue weighted by atomic mass is 10.7. The smallest absolute Gasteiger partial charge is 0.248 e. The van der Waals surface area contributed by atoms with Crippen LogP contribution < -0.4 is 11.0 Å². The van der Waals surface area contributed by atoms with Crippen LogP contribution in [0.3, 0.4) is 0 Å². The Balaban J connectivity index is 3.11. The van der Waals surface area contributed by atoms with E-state index in [1.165, 1.54) is 0 Å². The third kappa shape index (κ3) is 9.78. The van der Waals surface area contributed by atoms with Crippen LogP contribution in [-0.2, 0) is 18.4 Å². The van der Waals surface area contributed by atoms with Crippen molar-refractivity contribution in [3.8, 4) is 0 Å². The van der Waals surface area contributed by atoms with Gasteiger partial charge in [-0.3, -0.25) is 0 Å². The first-order chi connectivity index (χ1) is 5.63. The molecule has 0 fully saturated rings. The van der Waals surface area contributed by atoms with Crippen molar-refractivity contribution in [2.24, 2.45) is 0 Å². The fourth-order valence-corrected chi connectivity index (χ4v) is 0.808. The minimum atomic E-state index is -1.88. The van der Waals surface area contributed by atoms with Crippen LogP contribution in [-0.4, -0.2) is 25.7 Å². The van der Waals surface area contributed by atoms with E-state index in [2.05, 4.69) is 32.8 Å². The highest BCUT2D eigenvalue weighted by Crippen LogP contribution is 1.99. The van der Waals surface area contributed by atoms with Gasteiger partial charge >= 0.3 is 0 Å². The Morgan fingerprint density at radius 1 is 1.00 bits per heavy atom. The molecule has 70 valence electrons. The van der Waals surface area contributed by atoms with Crippen molar-refractivity contribution < 1.29 is 18.4 Å². The van der Waals surface area contributed by atoms with E-state index in [-0.39, 0.29) is 0 Å². The molecule has 0 aliphatic heterocycles. The highest BCUT2D eigenvalue weighted by Gasteiger charge is 1.87. The fourth-order valence-electron chi connectivity index (χ4n) is 0.337. The Morgan fingerprint density at radius 2 is 1.33 bits per heavy atom. The summed E-state index contributed by atoms with van der Waals surface area (Å²) in [6, 6.07) is 0. The van der Waals surface area contributed by atoms with Crippen LogP contribution in [0.2, 0.25) is 0 Å². The van der Waals surface area contributed by atoms with Gasteiger partial charge in [0.15, 0.2) is 0 Å². The highest BCUT2D eigenvalue weighted by molar-refractivity contribution is 7.37. The summed E-state index contributed by atoms with van der Waals surface area (Å²) in [4.78, 5) is 0. The van der Waals surface area contributed by atoms with E-state index < -0.39 is 15.3 Å². The topological polar surface area (TPSA) is 76.7 Å². The highest BCUT2D eigenvalue weighted by atomic mass is 31.1. The quantitative estimate of drug-likeness (QED) is 0.361. The molecule has 6 nitrogen and oxygen atoms in total. The van der Waals surface area contributed by atoms with Crippen molar-refractivity contribution in [2.75, 3.05) is 13.1 Å². The molecular formula is C4H10N2O4P2. The SMILES string of the molecule is C=P(=O)ONCCNOP(=C)=O. The second-order valence-electron chi connectivity index (χ2n) is 1.64. The summed E-state index contributed by atoms with van der Waals surface area (Å²) in [5.74, 6) is 0. The number of nitrogens with one attached hydrogen (secondary N) is 2. The van der Waals surface area contributed by atoms with E-state index in [0.717, 1.165) is 0 Å². The van der Waals surface area contributed by atoms with E-state index in [9.17, 15) is 9.13 Å². The van der Waals surface area contributed by atoms with Gasteiger partial charge in [-0.2, -0.15) is 11.0 Å². The predicted octanol–water partition coefficient (Wildman–Crippen LogP) is 0.378. The molecule has 0 rings (SSSR count). The van der Waals surface area contributed by atoms with Gasteiger partial charge in [0, 0.05) is 13.1 Å². The summed E-state index contributed by atoms with van der Waals surface area (Å²) in [5, 5.41) is 0. The van der Waals surface area contributed by atoms with Gasteiger partial charge in [0.1, 0.15) is 0 Å². The van der Waals surface area contributed by atoms with Gasteiger partial charge < -0.3 is 0 Å². The lowest BCUT2D eigenvalue weighted by Crippen LogP contribution is -2.24. The number of hydroxylamine groups is 2. The standard InChI is InChI=1S/C4H10N2O4P2/c1-11(7)9-5-3-4-6-10-12(2)8/h5-6H,1-4H2. The van der Waals surface area contributed by atoms with Crippen LogP contribution >= 0.6 is 15.3 Å². The first-order valence-corrected chi connectivity index (χ1v) is 5.70. The molecule has 0 saturated carbocycles. The van der Waals surface area contributed by atoms with E-state index in [1.54, 1.807) is 0 Å². The summed E-state index contributed by atoms with van der Waals surface area (Å²) in [5.41, 5.74) is 4.71. The summed E-state index contributed by atoms with van der Waals surface area (Å²) in [6.07, 6.45) is 6.20. The van der Waals surface area contributed by atoms with Crippen molar-refractivity contribution in [2.45, 2.75) is 0 Å². The maximum Gasteiger partial charge on any atom is 0.248 e. The molecule has 0 bridgehead atoms. The Labute approximate surface area is 71.2 Å². The molecule has 0 amide bonds. The molecular weight excluding hydrogens is 202 g/mol. The molecule has 0 spiro atoms. The van der Waals surface area contributed by atoms with Gasteiger partial charge in [0.2, 0.25) is 15.3 Å². The Kier molecular flexibility index (Phi) is 7.29. The zero-order chi connectivity index (χ0) is 9.40. The molecule has 2 N–H and O–H groups in total. The van der Waals surface area contributed by atoms with E-state index in [1.807, 2.05) is 0 Å². The first kappa shape index (κ1) is 11.8. The van der Waals surface area contributed by atoms with Crippen LogP contribution in [0.25, 0.3) is 0 Å². The van der Waals surface area contributed by atoms with Crippen LogP contribution in [0, 0.1) is 0 Å². The molecule has 0 aliphatic carbocycles. The van der Waals surface area contributed by atoms with Crippen LogP contribution in [0.1, 0.15) is 0 Å². The molecule has 0 aromatic heterocycles. The lowest BCUT2D eigenvalue weighted by Gasteiger charge is -1.99. The molecule has 2 atom stereocenters. The van der Waals surface area contributed by atoms with Crippen molar-refractivity contribution in [1.82, 2.24) is 11.0 Å². The maximum atomic E-state index is 10.2. The zero-order valence-electron chi connectivity index (χ0n) is 6.36. The van der Waals surface area contributed by atoms with Gasteiger partial charge in [0.25, 0.3) is 0 Å².